The molecule has 0 heterocycles. The lowest BCUT2D eigenvalue weighted by Gasteiger charge is -2.15. The molecule has 0 amide bonds. The highest BCUT2D eigenvalue weighted by Crippen LogP contribution is 2.18. The molecule has 1 rings (SSSR count). The minimum absolute atomic E-state index is 0.00618. The second-order valence-electron chi connectivity index (χ2n) is 5.79. The molecular formula is C16H18F3NO3. The Labute approximate surface area is 132 Å². The second kappa shape index (κ2) is 7.39. The molecule has 23 heavy (non-hydrogen) atoms. The Bertz CT molecular complexity index is 636. The minimum atomic E-state index is -1.53. The number of carbonyl (C=O) groups is 2. The van der Waals surface area contributed by atoms with Crippen molar-refractivity contribution in [2.45, 2.75) is 33.2 Å². The summed E-state index contributed by atoms with van der Waals surface area (Å²) < 4.78 is 44.7. The molecule has 0 aliphatic rings. The summed E-state index contributed by atoms with van der Waals surface area (Å²) in [6.07, 6.45) is 1.04. The predicted molar refractivity (Wildman–Crippen MR) is 79.0 cm³/mol. The number of hydrogen-bond acceptors (Lipinski definition) is 4. The highest BCUT2D eigenvalue weighted by molar-refractivity contribution is 6.18. The van der Waals surface area contributed by atoms with Crippen LogP contribution in [-0.4, -0.2) is 30.1 Å². The first-order valence-electron chi connectivity index (χ1n) is 6.97. The average Bonchev–Trinajstić information content (AvgIpc) is 2.41. The summed E-state index contributed by atoms with van der Waals surface area (Å²) in [5, 5.41) is 0. The van der Waals surface area contributed by atoms with Crippen molar-refractivity contribution in [1.29, 1.82) is 0 Å². The molecule has 126 valence electrons. The topological polar surface area (TPSA) is 55.7 Å². The molecule has 0 aliphatic carbocycles. The van der Waals surface area contributed by atoms with Crippen LogP contribution in [-0.2, 0) is 9.53 Å². The predicted octanol–water partition coefficient (Wildman–Crippen LogP) is 3.34. The Kier molecular flexibility index (Phi) is 6.06. The van der Waals surface area contributed by atoms with Crippen molar-refractivity contribution in [3.8, 4) is 0 Å². The molecule has 1 aromatic rings. The number of Topliss-reactive ketones (excluding diaryl/α,β-unsaturated/α-hetero) is 1. The van der Waals surface area contributed by atoms with Gasteiger partial charge in [0.25, 0.3) is 0 Å². The van der Waals surface area contributed by atoms with Gasteiger partial charge >= 0.3 is 5.97 Å². The van der Waals surface area contributed by atoms with E-state index in [0.717, 1.165) is 6.21 Å². The van der Waals surface area contributed by atoms with E-state index in [4.69, 9.17) is 4.74 Å². The van der Waals surface area contributed by atoms with Crippen molar-refractivity contribution in [3.05, 3.63) is 35.1 Å². The number of halogens is 3. The van der Waals surface area contributed by atoms with Gasteiger partial charge in [0, 0.05) is 12.3 Å². The van der Waals surface area contributed by atoms with E-state index in [2.05, 4.69) is 4.99 Å². The van der Waals surface area contributed by atoms with Crippen LogP contribution in [0.5, 0.6) is 0 Å². The number of benzene rings is 1. The SMILES string of the molecule is CCOC(=O)C(C=NC(C)(C)C)C(=O)c1cc(F)c(F)cc1F. The van der Waals surface area contributed by atoms with Crippen LogP contribution in [0.25, 0.3) is 0 Å². The first-order chi connectivity index (χ1) is 10.6. The van der Waals surface area contributed by atoms with Gasteiger partial charge in [-0.15, -0.1) is 0 Å². The van der Waals surface area contributed by atoms with Crippen molar-refractivity contribution in [3.63, 3.8) is 0 Å². The van der Waals surface area contributed by atoms with Gasteiger partial charge < -0.3 is 4.74 Å². The maximum atomic E-state index is 13.7. The second-order valence-corrected chi connectivity index (χ2v) is 5.79. The fraction of sp³-hybridized carbons (Fsp3) is 0.438. The summed E-state index contributed by atoms with van der Waals surface area (Å²) in [6.45, 7) is 6.74. The van der Waals surface area contributed by atoms with Gasteiger partial charge in [0.05, 0.1) is 17.7 Å². The van der Waals surface area contributed by atoms with Gasteiger partial charge in [0.1, 0.15) is 5.82 Å². The largest absolute Gasteiger partial charge is 0.465 e. The molecule has 0 bridgehead atoms. The number of rotatable bonds is 5. The normalized spacial score (nSPS) is 13.2. The van der Waals surface area contributed by atoms with Crippen molar-refractivity contribution < 1.29 is 27.5 Å². The molecule has 0 N–H and O–H groups in total. The molecule has 0 saturated heterocycles. The maximum Gasteiger partial charge on any atom is 0.322 e. The number of carbonyl (C=O) groups excluding carboxylic acids is 2. The van der Waals surface area contributed by atoms with E-state index in [9.17, 15) is 22.8 Å². The lowest BCUT2D eigenvalue weighted by atomic mass is 9.97. The van der Waals surface area contributed by atoms with Crippen LogP contribution in [0.4, 0.5) is 13.2 Å². The number of aliphatic imine (C=N–C) groups is 1. The van der Waals surface area contributed by atoms with Gasteiger partial charge in [0.15, 0.2) is 23.3 Å². The average molecular weight is 329 g/mol. The molecular weight excluding hydrogens is 311 g/mol. The van der Waals surface area contributed by atoms with Crippen LogP contribution in [0, 0.1) is 23.4 Å². The first-order valence-corrected chi connectivity index (χ1v) is 6.97. The van der Waals surface area contributed by atoms with Gasteiger partial charge in [0.2, 0.25) is 0 Å². The quantitative estimate of drug-likeness (QED) is 0.274. The van der Waals surface area contributed by atoms with Crippen LogP contribution in [0.1, 0.15) is 38.1 Å². The molecule has 7 heteroatoms. The summed E-state index contributed by atoms with van der Waals surface area (Å²) in [7, 11) is 0. The molecule has 0 aromatic heterocycles. The van der Waals surface area contributed by atoms with Gasteiger partial charge in [-0.05, 0) is 33.8 Å². The monoisotopic (exact) mass is 329 g/mol. The zero-order chi connectivity index (χ0) is 17.8. The summed E-state index contributed by atoms with van der Waals surface area (Å²) in [6, 6.07) is 0.676. The lowest BCUT2D eigenvalue weighted by molar-refractivity contribution is -0.143. The molecule has 0 aliphatic heterocycles. The van der Waals surface area contributed by atoms with Gasteiger partial charge in [-0.1, -0.05) is 0 Å². The Morgan fingerprint density at radius 2 is 1.74 bits per heavy atom. The van der Waals surface area contributed by atoms with Crippen molar-refractivity contribution >= 4 is 18.0 Å². The van der Waals surface area contributed by atoms with Crippen LogP contribution < -0.4 is 0 Å². The summed E-state index contributed by atoms with van der Waals surface area (Å²) in [5.74, 6) is -7.58. The zero-order valence-corrected chi connectivity index (χ0v) is 13.3. The zero-order valence-electron chi connectivity index (χ0n) is 13.3. The van der Waals surface area contributed by atoms with E-state index in [1.165, 1.54) is 0 Å². The first kappa shape index (κ1) is 18.9. The Balaban J connectivity index is 3.26. The van der Waals surface area contributed by atoms with E-state index >= 15 is 0 Å². The molecule has 1 aromatic carbocycles. The van der Waals surface area contributed by atoms with Crippen LogP contribution in [0.3, 0.4) is 0 Å². The minimum Gasteiger partial charge on any atom is -0.465 e. The van der Waals surface area contributed by atoms with Gasteiger partial charge in [-0.25, -0.2) is 13.2 Å². The number of nitrogens with zero attached hydrogens (tertiary/aromatic N) is 1. The standard InChI is InChI=1S/C16H18F3NO3/c1-5-23-15(22)10(8-20-16(2,3)4)14(21)9-6-12(18)13(19)7-11(9)17/h6-8,10H,5H2,1-4H3. The Morgan fingerprint density at radius 3 is 2.26 bits per heavy atom. The molecule has 1 unspecified atom stereocenters. The summed E-state index contributed by atoms with van der Waals surface area (Å²) in [5.41, 5.74) is -1.32. The third-order valence-electron chi connectivity index (χ3n) is 2.71. The number of ether oxygens (including phenoxy) is 1. The maximum absolute atomic E-state index is 13.7. The fourth-order valence-corrected chi connectivity index (χ4v) is 1.64. The molecule has 0 spiro atoms. The lowest BCUT2D eigenvalue weighted by Crippen LogP contribution is -2.29. The van der Waals surface area contributed by atoms with Crippen molar-refractivity contribution in [2.75, 3.05) is 6.61 Å². The van der Waals surface area contributed by atoms with Crippen molar-refractivity contribution in [2.24, 2.45) is 10.9 Å². The number of hydrogen-bond donors (Lipinski definition) is 0. The number of esters is 1. The molecule has 0 saturated carbocycles. The van der Waals surface area contributed by atoms with Crippen molar-refractivity contribution in [1.82, 2.24) is 0 Å². The Morgan fingerprint density at radius 1 is 1.17 bits per heavy atom. The molecule has 4 nitrogen and oxygen atoms in total. The summed E-state index contributed by atoms with van der Waals surface area (Å²) >= 11 is 0. The van der Waals surface area contributed by atoms with Gasteiger partial charge in [-0.3, -0.25) is 14.6 Å². The molecule has 0 fully saturated rings. The highest BCUT2D eigenvalue weighted by Gasteiger charge is 2.30. The van der Waals surface area contributed by atoms with E-state index < -0.39 is 46.2 Å². The third kappa shape index (κ3) is 5.19. The summed E-state index contributed by atoms with van der Waals surface area (Å²) in [4.78, 5) is 28.3. The van der Waals surface area contributed by atoms with E-state index in [0.29, 0.717) is 6.07 Å². The highest BCUT2D eigenvalue weighted by atomic mass is 19.2. The third-order valence-corrected chi connectivity index (χ3v) is 2.71. The molecule has 0 radical (unpaired) electrons. The smallest absolute Gasteiger partial charge is 0.322 e. The van der Waals surface area contributed by atoms with Gasteiger partial charge in [-0.2, -0.15) is 0 Å². The fourth-order valence-electron chi connectivity index (χ4n) is 1.64. The number of ketones is 1. The van der Waals surface area contributed by atoms with Crippen LogP contribution in [0.2, 0.25) is 0 Å². The molecule has 1 atom stereocenters. The van der Waals surface area contributed by atoms with Crippen LogP contribution in [0.15, 0.2) is 17.1 Å². The Hall–Kier alpha value is -2.18. The van der Waals surface area contributed by atoms with E-state index in [1.54, 1.807) is 27.7 Å². The van der Waals surface area contributed by atoms with Crippen LogP contribution >= 0.6 is 0 Å². The van der Waals surface area contributed by atoms with E-state index in [-0.39, 0.29) is 12.7 Å². The van der Waals surface area contributed by atoms with E-state index in [1.807, 2.05) is 0 Å².